The van der Waals surface area contributed by atoms with Gasteiger partial charge in [-0.1, -0.05) is 34.6 Å². The molecule has 0 amide bonds. The van der Waals surface area contributed by atoms with Gasteiger partial charge in [-0.2, -0.15) is 15.8 Å². The fourth-order valence-corrected chi connectivity index (χ4v) is 2.39. The molecule has 11 heteroatoms. The second-order valence-electron chi connectivity index (χ2n) is 5.92. The zero-order valence-electron chi connectivity index (χ0n) is 16.8. The van der Waals surface area contributed by atoms with Crippen LogP contribution in [0.3, 0.4) is 0 Å². The average Bonchev–Trinajstić information content (AvgIpc) is 2.56. The van der Waals surface area contributed by atoms with Gasteiger partial charge in [-0.25, -0.2) is 0 Å². The van der Waals surface area contributed by atoms with E-state index in [1.807, 2.05) is 0 Å². The molecule has 1 saturated carbocycles. The van der Waals surface area contributed by atoms with E-state index in [1.165, 1.54) is 20.8 Å². The van der Waals surface area contributed by atoms with Crippen LogP contribution >= 0.6 is 7.81 Å². The Labute approximate surface area is 171 Å². The van der Waals surface area contributed by atoms with E-state index in [0.29, 0.717) is 0 Å². The number of hydrogen-bond donors (Lipinski definition) is 0. The van der Waals surface area contributed by atoms with Gasteiger partial charge in [0.05, 0.1) is 18.2 Å². The average molecular weight is 509 g/mol. The maximum Gasteiger partial charge on any atom is 1.00 e. The maximum atomic E-state index is 9.87. The zero-order valence-corrected chi connectivity index (χ0v) is 19.4. The molecule has 1 aliphatic carbocycles. The third-order valence-corrected chi connectivity index (χ3v) is 4.15. The van der Waals surface area contributed by atoms with E-state index in [4.69, 9.17) is 15.8 Å². The number of halogens is 6. The fourth-order valence-electron chi connectivity index (χ4n) is 2.39. The van der Waals surface area contributed by atoms with E-state index in [2.05, 4.69) is 34.6 Å². The van der Waals surface area contributed by atoms with Gasteiger partial charge in [0.25, 0.3) is 0 Å². The Kier molecular flexibility index (Phi) is 19.4. The summed E-state index contributed by atoms with van der Waals surface area (Å²) in [6.45, 7) is 16.3. The van der Waals surface area contributed by atoms with Crippen LogP contribution in [0.2, 0.25) is 0 Å². The van der Waals surface area contributed by atoms with Gasteiger partial charge in [0.1, 0.15) is 0 Å². The molecule has 163 valence electrons. The summed E-state index contributed by atoms with van der Waals surface area (Å²) in [6.07, 6.45) is 0. The van der Waals surface area contributed by atoms with Gasteiger partial charge in [-0.3, -0.25) is 0 Å². The van der Waals surface area contributed by atoms with E-state index in [-0.39, 0.29) is 19.5 Å². The summed E-state index contributed by atoms with van der Waals surface area (Å²) in [5.41, 5.74) is 0. The quantitative estimate of drug-likeness (QED) is 0.188. The minimum absolute atomic E-state index is 0. The van der Waals surface area contributed by atoms with Crippen molar-refractivity contribution in [3.05, 3.63) is 0 Å². The summed E-state index contributed by atoms with van der Waals surface area (Å²) in [4.78, 5) is 0. The molecule has 3 nitrogen and oxygen atoms in total. The van der Waals surface area contributed by atoms with Crippen molar-refractivity contribution < 1.29 is 44.7 Å². The molecule has 1 aliphatic rings. The molecule has 0 aliphatic heterocycles. The van der Waals surface area contributed by atoms with E-state index < -0.39 is 7.81 Å². The van der Waals surface area contributed by atoms with Crippen LogP contribution in [-0.2, 0) is 19.5 Å². The molecular weight excluding hydrogens is 480 g/mol. The standard InChI is InChI=1S/C10H20.3C2H3N.F6P.Ru/c1-6-7(2)9(4)10(5)8(6)3;3*1-2-3;1-7(2,3,4,5)6;/h6-10H,1-5H3;3*1H3;;/q;;;;-1;+1. The maximum absolute atomic E-state index is 10.7. The van der Waals surface area contributed by atoms with Crippen LogP contribution in [0.15, 0.2) is 0 Å². The molecule has 27 heavy (non-hydrogen) atoms. The van der Waals surface area contributed by atoms with Crippen LogP contribution in [0.4, 0.5) is 25.2 Å². The molecule has 1 rings (SSSR count). The second kappa shape index (κ2) is 14.2. The molecule has 0 bridgehead atoms. The van der Waals surface area contributed by atoms with Crippen molar-refractivity contribution >= 4 is 7.81 Å². The smallest absolute Gasteiger partial charge is 1.00 e. The first-order valence-electron chi connectivity index (χ1n) is 7.74. The number of nitrogens with zero attached hydrogens (tertiary/aromatic N) is 3. The molecule has 1 fully saturated rings. The molecule has 0 aromatic carbocycles. The monoisotopic (exact) mass is 510 g/mol. The SMILES string of the molecule is CC#N.CC#N.CC#N.CC1C(C)C(C)C(C)C1C.F[P-](F)(F)(F)(F)F.[Ru+]. The zero-order chi connectivity index (χ0) is 22.4. The van der Waals surface area contributed by atoms with E-state index >= 15 is 0 Å². The van der Waals surface area contributed by atoms with Crippen molar-refractivity contribution in [1.82, 2.24) is 0 Å². The molecule has 0 spiro atoms. The summed E-state index contributed by atoms with van der Waals surface area (Å²) in [6, 6.07) is 5.25. The molecule has 0 heterocycles. The Morgan fingerprint density at radius 1 is 0.519 bits per heavy atom. The molecule has 0 aromatic heterocycles. The summed E-state index contributed by atoms with van der Waals surface area (Å²) in [7, 11) is -10.7. The van der Waals surface area contributed by atoms with Gasteiger partial charge < -0.3 is 0 Å². The van der Waals surface area contributed by atoms with Crippen molar-refractivity contribution in [3.63, 3.8) is 0 Å². The van der Waals surface area contributed by atoms with Gasteiger partial charge in [-0.05, 0) is 29.6 Å². The minimum atomic E-state index is -10.7. The molecule has 0 unspecified atom stereocenters. The largest absolute Gasteiger partial charge is 1.00 e. The summed E-state index contributed by atoms with van der Waals surface area (Å²) in [5, 5.41) is 22.0. The summed E-state index contributed by atoms with van der Waals surface area (Å²) in [5.74, 6) is 4.68. The van der Waals surface area contributed by atoms with Crippen LogP contribution in [-0.4, -0.2) is 0 Å². The van der Waals surface area contributed by atoms with E-state index in [9.17, 15) is 25.2 Å². The Morgan fingerprint density at radius 2 is 0.556 bits per heavy atom. The second-order valence-corrected chi connectivity index (χ2v) is 7.84. The van der Waals surface area contributed by atoms with Crippen LogP contribution in [0, 0.1) is 63.6 Å². The van der Waals surface area contributed by atoms with Crippen LogP contribution in [0.25, 0.3) is 0 Å². The normalized spacial score (nSPS) is 27.4. The third kappa shape index (κ3) is 36.7. The van der Waals surface area contributed by atoms with Gasteiger partial charge in [0.2, 0.25) is 0 Å². The Balaban J connectivity index is -0.0000000835. The number of rotatable bonds is 0. The van der Waals surface area contributed by atoms with E-state index in [1.54, 1.807) is 18.2 Å². The van der Waals surface area contributed by atoms with E-state index in [0.717, 1.165) is 29.6 Å². The van der Waals surface area contributed by atoms with Crippen molar-refractivity contribution in [1.29, 1.82) is 15.8 Å². The first kappa shape index (κ1) is 36.9. The molecular formula is C16H29F6N3PRu. The predicted molar refractivity (Wildman–Crippen MR) is 93.2 cm³/mol. The third-order valence-electron chi connectivity index (χ3n) is 4.15. The molecule has 1 radical (unpaired) electrons. The number of nitriles is 3. The van der Waals surface area contributed by atoms with Gasteiger partial charge >= 0.3 is 52.5 Å². The van der Waals surface area contributed by atoms with Crippen LogP contribution in [0.1, 0.15) is 55.4 Å². The molecule has 0 atom stereocenters. The Morgan fingerprint density at radius 3 is 0.593 bits per heavy atom. The van der Waals surface area contributed by atoms with Gasteiger partial charge in [-0.15, -0.1) is 0 Å². The minimum Gasteiger partial charge on any atom is 1.00 e. The van der Waals surface area contributed by atoms with Gasteiger partial charge in [0.15, 0.2) is 0 Å². The molecule has 0 N–H and O–H groups in total. The molecule has 0 saturated heterocycles. The van der Waals surface area contributed by atoms with Crippen molar-refractivity contribution in [2.24, 2.45) is 29.6 Å². The van der Waals surface area contributed by atoms with Crippen molar-refractivity contribution in [2.45, 2.75) is 55.4 Å². The fraction of sp³-hybridized carbons (Fsp3) is 0.812. The topological polar surface area (TPSA) is 71.4 Å². The Hall–Kier alpha value is -0.897. The van der Waals surface area contributed by atoms with Gasteiger partial charge in [0, 0.05) is 20.8 Å². The van der Waals surface area contributed by atoms with Crippen molar-refractivity contribution in [3.8, 4) is 18.2 Å². The first-order valence-corrected chi connectivity index (χ1v) is 9.77. The van der Waals surface area contributed by atoms with Crippen molar-refractivity contribution in [2.75, 3.05) is 0 Å². The first-order chi connectivity index (χ1) is 11.2. The van der Waals surface area contributed by atoms with Crippen LogP contribution in [0.5, 0.6) is 0 Å². The van der Waals surface area contributed by atoms with Crippen LogP contribution < -0.4 is 0 Å². The summed E-state index contributed by atoms with van der Waals surface area (Å²) >= 11 is 0. The predicted octanol–water partition coefficient (Wildman–Crippen LogP) is 8.15. The Bertz CT molecular complexity index is 420. The number of hydrogen-bond acceptors (Lipinski definition) is 3. The summed E-state index contributed by atoms with van der Waals surface area (Å²) < 4.78 is 59.2. The molecule has 0 aromatic rings.